The Kier molecular flexibility index (Phi) is 4.37. The van der Waals surface area contributed by atoms with Gasteiger partial charge < -0.3 is 9.42 Å². The first kappa shape index (κ1) is 17.9. The van der Waals surface area contributed by atoms with Gasteiger partial charge in [-0.05, 0) is 23.3 Å². The van der Waals surface area contributed by atoms with Gasteiger partial charge in [0, 0.05) is 35.1 Å². The Labute approximate surface area is 172 Å². The monoisotopic (exact) mass is 395 g/mol. The summed E-state index contributed by atoms with van der Waals surface area (Å²) in [5.74, 6) is 0.669. The predicted molar refractivity (Wildman–Crippen MR) is 116 cm³/mol. The SMILES string of the molecule is O=[N+]([O-])c1cccc(-c2cc(CN3c4ccccc4C=Cc4ccccc43)on2)c1. The van der Waals surface area contributed by atoms with Gasteiger partial charge in [-0.1, -0.05) is 65.8 Å². The van der Waals surface area contributed by atoms with Crippen molar-refractivity contribution >= 4 is 29.2 Å². The van der Waals surface area contributed by atoms with Crippen molar-refractivity contribution in [3.05, 3.63) is 106 Å². The molecular weight excluding hydrogens is 378 g/mol. The van der Waals surface area contributed by atoms with Crippen LogP contribution < -0.4 is 4.90 Å². The van der Waals surface area contributed by atoms with E-state index in [0.29, 0.717) is 23.6 Å². The third-order valence-electron chi connectivity index (χ3n) is 5.12. The van der Waals surface area contributed by atoms with Gasteiger partial charge in [0.05, 0.1) is 11.5 Å². The van der Waals surface area contributed by atoms with Crippen molar-refractivity contribution in [1.29, 1.82) is 0 Å². The summed E-state index contributed by atoms with van der Waals surface area (Å²) >= 11 is 0. The number of fused-ring (bicyclic) bond motifs is 2. The summed E-state index contributed by atoms with van der Waals surface area (Å²) in [5, 5.41) is 15.2. The van der Waals surface area contributed by atoms with E-state index in [2.05, 4.69) is 46.5 Å². The summed E-state index contributed by atoms with van der Waals surface area (Å²) in [6.45, 7) is 0.484. The van der Waals surface area contributed by atoms with Gasteiger partial charge in [-0.25, -0.2) is 0 Å². The molecule has 3 aromatic carbocycles. The minimum atomic E-state index is -0.414. The highest BCUT2D eigenvalue weighted by atomic mass is 16.6. The molecule has 1 aromatic heterocycles. The molecule has 6 nitrogen and oxygen atoms in total. The van der Waals surface area contributed by atoms with Crippen LogP contribution in [0.3, 0.4) is 0 Å². The molecule has 0 saturated heterocycles. The molecule has 0 saturated carbocycles. The van der Waals surface area contributed by atoms with Crippen LogP contribution in [-0.2, 0) is 6.54 Å². The number of nitro benzene ring substituents is 1. The second kappa shape index (κ2) is 7.33. The Morgan fingerprint density at radius 2 is 1.53 bits per heavy atom. The van der Waals surface area contributed by atoms with Crippen LogP contribution in [0.1, 0.15) is 16.9 Å². The standard InChI is InChI=1S/C24H17N3O3/c28-27(29)20-9-5-8-19(14-20)22-15-21(30-25-22)16-26-23-10-3-1-6-17(23)12-13-18-7-2-4-11-24(18)26/h1-15H,16H2. The van der Waals surface area contributed by atoms with Crippen LogP contribution in [0.5, 0.6) is 0 Å². The summed E-state index contributed by atoms with van der Waals surface area (Å²) in [6, 6.07) is 24.6. The first-order valence-electron chi connectivity index (χ1n) is 9.53. The van der Waals surface area contributed by atoms with E-state index in [9.17, 15) is 10.1 Å². The molecule has 0 atom stereocenters. The van der Waals surface area contributed by atoms with Gasteiger partial charge in [-0.15, -0.1) is 0 Å². The molecule has 0 amide bonds. The van der Waals surface area contributed by atoms with Gasteiger partial charge >= 0.3 is 0 Å². The molecule has 1 aliphatic rings. The summed E-state index contributed by atoms with van der Waals surface area (Å²) in [4.78, 5) is 12.9. The highest BCUT2D eigenvalue weighted by molar-refractivity contribution is 5.88. The van der Waals surface area contributed by atoms with E-state index in [1.54, 1.807) is 12.1 Å². The van der Waals surface area contributed by atoms with Gasteiger partial charge in [-0.2, -0.15) is 0 Å². The number of hydrogen-bond acceptors (Lipinski definition) is 5. The van der Waals surface area contributed by atoms with Crippen molar-refractivity contribution in [3.8, 4) is 11.3 Å². The number of benzene rings is 3. The molecule has 0 unspecified atom stereocenters. The van der Waals surface area contributed by atoms with E-state index in [4.69, 9.17) is 4.52 Å². The molecule has 0 radical (unpaired) electrons. The Morgan fingerprint density at radius 1 is 0.867 bits per heavy atom. The summed E-state index contributed by atoms with van der Waals surface area (Å²) < 4.78 is 5.61. The molecule has 0 N–H and O–H groups in total. The fourth-order valence-electron chi connectivity index (χ4n) is 3.69. The van der Waals surface area contributed by atoms with Crippen molar-refractivity contribution in [3.63, 3.8) is 0 Å². The van der Waals surface area contributed by atoms with E-state index in [1.807, 2.05) is 30.3 Å². The average Bonchev–Trinajstić information content (AvgIpc) is 3.19. The maximum absolute atomic E-state index is 11.1. The third-order valence-corrected chi connectivity index (χ3v) is 5.12. The number of aromatic nitrogens is 1. The molecule has 0 aliphatic carbocycles. The van der Waals surface area contributed by atoms with Crippen LogP contribution in [0.25, 0.3) is 23.4 Å². The van der Waals surface area contributed by atoms with Crippen molar-refractivity contribution in [2.24, 2.45) is 0 Å². The number of anilines is 2. The summed E-state index contributed by atoms with van der Waals surface area (Å²) in [7, 11) is 0. The topological polar surface area (TPSA) is 72.4 Å². The zero-order valence-corrected chi connectivity index (χ0v) is 15.9. The van der Waals surface area contributed by atoms with E-state index in [1.165, 1.54) is 12.1 Å². The van der Waals surface area contributed by atoms with E-state index in [0.717, 1.165) is 22.5 Å². The molecule has 1 aliphatic heterocycles. The maximum Gasteiger partial charge on any atom is 0.270 e. The molecule has 5 rings (SSSR count). The fourth-order valence-corrected chi connectivity index (χ4v) is 3.69. The lowest BCUT2D eigenvalue weighted by Gasteiger charge is -2.25. The zero-order chi connectivity index (χ0) is 20.5. The highest BCUT2D eigenvalue weighted by Gasteiger charge is 2.20. The molecular formula is C24H17N3O3. The van der Waals surface area contributed by atoms with Gasteiger partial charge in [0.1, 0.15) is 5.69 Å². The van der Waals surface area contributed by atoms with Crippen LogP contribution in [0.15, 0.2) is 83.4 Å². The Morgan fingerprint density at radius 3 is 2.20 bits per heavy atom. The van der Waals surface area contributed by atoms with E-state index >= 15 is 0 Å². The second-order valence-electron chi connectivity index (χ2n) is 7.02. The quantitative estimate of drug-likeness (QED) is 0.310. The number of non-ortho nitro benzene ring substituents is 1. The lowest BCUT2D eigenvalue weighted by molar-refractivity contribution is -0.384. The molecule has 0 spiro atoms. The molecule has 6 heteroatoms. The molecule has 30 heavy (non-hydrogen) atoms. The zero-order valence-electron chi connectivity index (χ0n) is 15.9. The smallest absolute Gasteiger partial charge is 0.270 e. The molecule has 0 fully saturated rings. The van der Waals surface area contributed by atoms with Gasteiger partial charge in [0.25, 0.3) is 5.69 Å². The largest absolute Gasteiger partial charge is 0.359 e. The third kappa shape index (κ3) is 3.24. The van der Waals surface area contributed by atoms with Crippen molar-refractivity contribution in [1.82, 2.24) is 5.16 Å². The maximum atomic E-state index is 11.1. The number of para-hydroxylation sites is 2. The number of hydrogen-bond donors (Lipinski definition) is 0. The van der Waals surface area contributed by atoms with Gasteiger partial charge in [0.2, 0.25) is 0 Å². The lowest BCUT2D eigenvalue weighted by Crippen LogP contribution is -2.17. The fraction of sp³-hybridized carbons (Fsp3) is 0.0417. The normalized spacial score (nSPS) is 12.2. The van der Waals surface area contributed by atoms with Crippen LogP contribution in [0, 0.1) is 10.1 Å². The second-order valence-corrected chi connectivity index (χ2v) is 7.02. The molecule has 0 bridgehead atoms. The Hall–Kier alpha value is -4.19. The predicted octanol–water partition coefficient (Wildman–Crippen LogP) is 6.07. The van der Waals surface area contributed by atoms with Crippen LogP contribution in [0.2, 0.25) is 0 Å². The molecule has 2 heterocycles. The van der Waals surface area contributed by atoms with Crippen LogP contribution in [0.4, 0.5) is 17.1 Å². The summed E-state index contributed by atoms with van der Waals surface area (Å²) in [6.07, 6.45) is 4.23. The summed E-state index contributed by atoms with van der Waals surface area (Å²) in [5.41, 5.74) is 5.64. The van der Waals surface area contributed by atoms with Crippen molar-refractivity contribution < 1.29 is 9.45 Å². The average molecular weight is 395 g/mol. The van der Waals surface area contributed by atoms with Gasteiger partial charge in [-0.3, -0.25) is 10.1 Å². The minimum absolute atomic E-state index is 0.0264. The first-order chi connectivity index (χ1) is 14.7. The lowest BCUT2D eigenvalue weighted by atomic mass is 10.1. The van der Waals surface area contributed by atoms with Crippen molar-refractivity contribution in [2.75, 3.05) is 4.90 Å². The van der Waals surface area contributed by atoms with Gasteiger partial charge in [0.15, 0.2) is 5.76 Å². The molecule has 146 valence electrons. The number of nitrogens with zero attached hydrogens (tertiary/aromatic N) is 3. The van der Waals surface area contributed by atoms with Crippen molar-refractivity contribution in [2.45, 2.75) is 6.54 Å². The Bertz CT molecular complexity index is 1230. The van der Waals surface area contributed by atoms with E-state index in [-0.39, 0.29) is 5.69 Å². The highest BCUT2D eigenvalue weighted by Crippen LogP contribution is 2.37. The van der Waals surface area contributed by atoms with Crippen LogP contribution >= 0.6 is 0 Å². The van der Waals surface area contributed by atoms with E-state index < -0.39 is 4.92 Å². The Balaban J connectivity index is 1.52. The number of rotatable bonds is 4. The van der Waals surface area contributed by atoms with Crippen LogP contribution in [-0.4, -0.2) is 10.1 Å². The minimum Gasteiger partial charge on any atom is -0.359 e. The number of nitro groups is 1. The first-order valence-corrected chi connectivity index (χ1v) is 9.53. The molecule has 4 aromatic rings.